The summed E-state index contributed by atoms with van der Waals surface area (Å²) in [7, 11) is 0. The van der Waals surface area contributed by atoms with Crippen molar-refractivity contribution in [1.29, 1.82) is 10.5 Å². The Morgan fingerprint density at radius 3 is 2.74 bits per heavy atom. The van der Waals surface area contributed by atoms with Gasteiger partial charge in [-0.2, -0.15) is 10.5 Å². The largest absolute Gasteiger partial charge is 0.474 e. The molecule has 8 heteroatoms. The maximum absolute atomic E-state index is 9.62. The van der Waals surface area contributed by atoms with Crippen molar-refractivity contribution in [1.82, 2.24) is 14.9 Å². The minimum Gasteiger partial charge on any atom is -0.474 e. The molecule has 2 aromatic heterocycles. The van der Waals surface area contributed by atoms with Gasteiger partial charge in [0.05, 0.1) is 11.6 Å². The first-order valence-corrected chi connectivity index (χ1v) is 10.9. The molecule has 7 nitrogen and oxygen atoms in total. The third-order valence-electron chi connectivity index (χ3n) is 6.06. The van der Waals surface area contributed by atoms with Gasteiger partial charge in [-0.3, -0.25) is 4.90 Å². The Morgan fingerprint density at radius 2 is 2.06 bits per heavy atom. The number of hydrogen-bond donors (Lipinski definition) is 1. The van der Waals surface area contributed by atoms with E-state index in [4.69, 9.17) is 21.6 Å². The molecular weight excluding hydrogens is 412 g/mol. The Labute approximate surface area is 187 Å². The van der Waals surface area contributed by atoms with Gasteiger partial charge in [-0.25, -0.2) is 9.97 Å². The fraction of sp³-hybridized carbons (Fsp3) is 0.478. The molecule has 2 aliphatic rings. The highest BCUT2D eigenvalue weighted by Gasteiger charge is 2.28. The lowest BCUT2D eigenvalue weighted by molar-refractivity contribution is 0.0693. The van der Waals surface area contributed by atoms with Gasteiger partial charge in [-0.05, 0) is 43.2 Å². The van der Waals surface area contributed by atoms with Crippen molar-refractivity contribution in [3.63, 3.8) is 0 Å². The maximum atomic E-state index is 9.62. The van der Waals surface area contributed by atoms with E-state index in [0.717, 1.165) is 60.7 Å². The van der Waals surface area contributed by atoms with Crippen molar-refractivity contribution in [2.24, 2.45) is 5.92 Å². The Balaban J connectivity index is 1.49. The van der Waals surface area contributed by atoms with Gasteiger partial charge in [0, 0.05) is 37.0 Å². The molecule has 3 heterocycles. The van der Waals surface area contributed by atoms with Crippen LogP contribution in [0.1, 0.15) is 47.7 Å². The van der Waals surface area contributed by atoms with E-state index in [1.165, 1.54) is 0 Å². The first-order chi connectivity index (χ1) is 15.0. The summed E-state index contributed by atoms with van der Waals surface area (Å²) < 4.78 is 5.97. The summed E-state index contributed by atoms with van der Waals surface area (Å²) in [5, 5.41) is 21.7. The molecule has 1 aliphatic heterocycles. The molecule has 0 radical (unpaired) electrons. The zero-order valence-corrected chi connectivity index (χ0v) is 18.5. The number of halogens is 1. The fourth-order valence-corrected chi connectivity index (χ4v) is 4.55. The second-order valence-electron chi connectivity index (χ2n) is 8.38. The van der Waals surface area contributed by atoms with Gasteiger partial charge in [0.15, 0.2) is 0 Å². The number of fused-ring (bicyclic) bond motifs is 1. The van der Waals surface area contributed by atoms with Crippen molar-refractivity contribution in [3.8, 4) is 18.0 Å². The summed E-state index contributed by atoms with van der Waals surface area (Å²) in [4.78, 5) is 11.2. The predicted octanol–water partition coefficient (Wildman–Crippen LogP) is 3.98. The highest BCUT2D eigenvalue weighted by atomic mass is 35.5. The summed E-state index contributed by atoms with van der Waals surface area (Å²) in [5.41, 5.74) is 4.37. The van der Waals surface area contributed by atoms with Crippen LogP contribution in [-0.4, -0.2) is 34.1 Å². The van der Waals surface area contributed by atoms with Crippen molar-refractivity contribution in [2.75, 3.05) is 18.4 Å². The van der Waals surface area contributed by atoms with Crippen LogP contribution in [0.3, 0.4) is 0 Å². The van der Waals surface area contributed by atoms with Crippen LogP contribution in [-0.2, 0) is 19.5 Å². The molecule has 0 atom stereocenters. The van der Waals surface area contributed by atoms with Gasteiger partial charge < -0.3 is 10.1 Å². The normalized spacial score (nSPS) is 20.2. The first-order valence-electron chi connectivity index (χ1n) is 10.6. The number of nitrogens with one attached hydrogen (secondary N) is 1. The molecule has 0 saturated heterocycles. The van der Waals surface area contributed by atoms with Crippen LogP contribution in [0.25, 0.3) is 0 Å². The van der Waals surface area contributed by atoms with E-state index in [1.54, 1.807) is 0 Å². The van der Waals surface area contributed by atoms with Gasteiger partial charge in [0.25, 0.3) is 0 Å². The molecule has 1 aliphatic carbocycles. The van der Waals surface area contributed by atoms with E-state index in [2.05, 4.69) is 45.3 Å². The van der Waals surface area contributed by atoms with Crippen LogP contribution in [0.4, 0.5) is 5.82 Å². The third kappa shape index (κ3) is 4.58. The molecule has 0 bridgehead atoms. The Hall–Kier alpha value is -2.87. The summed E-state index contributed by atoms with van der Waals surface area (Å²) in [5.74, 6) is 2.04. The minimum atomic E-state index is 0.143. The van der Waals surface area contributed by atoms with Crippen LogP contribution in [0, 0.1) is 35.5 Å². The number of hydrogen-bond acceptors (Lipinski definition) is 7. The Bertz CT molecular complexity index is 1070. The SMILES string of the molecule is Cc1nc(O[C@H]2C[C@H](C)C2)ccc1CN1CCc2c(NCC#N)nc(Cl)c(C#N)c2C1. The maximum Gasteiger partial charge on any atom is 0.213 e. The van der Waals surface area contributed by atoms with Crippen molar-refractivity contribution in [2.45, 2.75) is 52.3 Å². The summed E-state index contributed by atoms with van der Waals surface area (Å²) in [6.07, 6.45) is 3.21. The smallest absolute Gasteiger partial charge is 0.213 e. The van der Waals surface area contributed by atoms with Gasteiger partial charge in [0.2, 0.25) is 5.88 Å². The molecule has 0 amide bonds. The van der Waals surface area contributed by atoms with E-state index < -0.39 is 0 Å². The molecular formula is C23H25ClN6O. The molecule has 0 unspecified atom stereocenters. The molecule has 31 heavy (non-hydrogen) atoms. The van der Waals surface area contributed by atoms with Gasteiger partial charge >= 0.3 is 0 Å². The lowest BCUT2D eigenvalue weighted by Crippen LogP contribution is -2.33. The number of nitrogens with zero attached hydrogens (tertiary/aromatic N) is 5. The number of nitriles is 2. The van der Waals surface area contributed by atoms with Gasteiger partial charge in [0.1, 0.15) is 29.7 Å². The topological polar surface area (TPSA) is 97.9 Å². The van der Waals surface area contributed by atoms with Crippen LogP contribution in [0.5, 0.6) is 5.88 Å². The average molecular weight is 437 g/mol. The van der Waals surface area contributed by atoms with E-state index >= 15 is 0 Å². The van der Waals surface area contributed by atoms with Crippen LogP contribution in [0.15, 0.2) is 12.1 Å². The number of pyridine rings is 2. The molecule has 1 saturated carbocycles. The first kappa shape index (κ1) is 21.4. The van der Waals surface area contributed by atoms with Gasteiger partial charge in [-0.1, -0.05) is 24.6 Å². The number of rotatable bonds is 6. The Morgan fingerprint density at radius 1 is 1.26 bits per heavy atom. The monoisotopic (exact) mass is 436 g/mol. The number of aryl methyl sites for hydroxylation is 1. The standard InChI is InChI=1S/C23H25ClN6O/c1-14-9-17(10-14)31-21-4-3-16(15(2)28-21)12-30-8-5-18-20(13-30)19(11-26)22(24)29-23(18)27-7-6-25/h3-4,14,17H,5,7-10,12-13H2,1-2H3,(H,27,29)/t14-,17-. The molecule has 0 aromatic carbocycles. The lowest BCUT2D eigenvalue weighted by atomic mass is 9.84. The van der Waals surface area contributed by atoms with Crippen molar-refractivity contribution >= 4 is 17.4 Å². The molecule has 0 spiro atoms. The predicted molar refractivity (Wildman–Crippen MR) is 118 cm³/mol. The van der Waals surface area contributed by atoms with Crippen LogP contribution in [0.2, 0.25) is 5.15 Å². The molecule has 4 rings (SSSR count). The summed E-state index contributed by atoms with van der Waals surface area (Å²) >= 11 is 6.26. The van der Waals surface area contributed by atoms with Crippen LogP contribution >= 0.6 is 11.6 Å². The van der Waals surface area contributed by atoms with Crippen molar-refractivity contribution in [3.05, 3.63) is 45.2 Å². The highest BCUT2D eigenvalue weighted by Crippen LogP contribution is 2.33. The fourth-order valence-electron chi connectivity index (χ4n) is 4.31. The highest BCUT2D eigenvalue weighted by molar-refractivity contribution is 6.30. The van der Waals surface area contributed by atoms with E-state index in [1.807, 2.05) is 13.0 Å². The molecule has 2 aromatic rings. The molecule has 1 fully saturated rings. The Kier molecular flexibility index (Phi) is 6.27. The number of aromatic nitrogens is 2. The second kappa shape index (κ2) is 9.09. The minimum absolute atomic E-state index is 0.143. The second-order valence-corrected chi connectivity index (χ2v) is 8.74. The quantitative estimate of drug-likeness (QED) is 0.540. The molecule has 1 N–H and O–H groups in total. The lowest BCUT2D eigenvalue weighted by Gasteiger charge is -2.32. The summed E-state index contributed by atoms with van der Waals surface area (Å²) in [6, 6.07) is 8.29. The van der Waals surface area contributed by atoms with E-state index in [9.17, 15) is 5.26 Å². The number of anilines is 1. The number of ether oxygens (including phenoxy) is 1. The summed E-state index contributed by atoms with van der Waals surface area (Å²) in [6.45, 7) is 6.53. The third-order valence-corrected chi connectivity index (χ3v) is 6.33. The van der Waals surface area contributed by atoms with Crippen molar-refractivity contribution < 1.29 is 4.74 Å². The zero-order chi connectivity index (χ0) is 22.0. The molecule has 160 valence electrons. The zero-order valence-electron chi connectivity index (χ0n) is 17.8. The van der Waals surface area contributed by atoms with Gasteiger partial charge in [-0.15, -0.1) is 0 Å². The van der Waals surface area contributed by atoms with E-state index in [0.29, 0.717) is 23.8 Å². The van der Waals surface area contributed by atoms with Crippen LogP contribution < -0.4 is 10.1 Å². The average Bonchev–Trinajstić information content (AvgIpc) is 2.73. The van der Waals surface area contributed by atoms with E-state index in [-0.39, 0.29) is 17.8 Å².